The number of nitrogens with two attached hydrogens (primary N) is 1. The Hall–Kier alpha value is -2.98. The number of piperazine rings is 1. The fourth-order valence-electron chi connectivity index (χ4n) is 3.54. The van der Waals surface area contributed by atoms with Gasteiger partial charge >= 0.3 is 6.03 Å². The first-order valence-corrected chi connectivity index (χ1v) is 10.2. The zero-order valence-corrected chi connectivity index (χ0v) is 18.0. The number of imide groups is 1. The molecule has 0 spiro atoms. The predicted octanol–water partition coefficient (Wildman–Crippen LogP) is -0.470. The first kappa shape index (κ1) is 22.7. The smallest absolute Gasteiger partial charge is 0.327 e. The van der Waals surface area contributed by atoms with E-state index in [1.807, 2.05) is 30.3 Å². The molecular weight excluding hydrogens is 402 g/mol. The maximum atomic E-state index is 13.2. The molecule has 0 aromatic heterocycles. The number of nitrogens with one attached hydrogen (secondary N) is 1. The number of nitrogens with zero attached hydrogens (tertiary/aromatic N) is 3. The van der Waals surface area contributed by atoms with Crippen LogP contribution in [0.5, 0.6) is 0 Å². The van der Waals surface area contributed by atoms with Crippen molar-refractivity contribution in [2.45, 2.75) is 38.1 Å². The number of ether oxygens (including phenoxy) is 1. The van der Waals surface area contributed by atoms with E-state index in [2.05, 4.69) is 5.32 Å². The minimum atomic E-state index is -1.17. The highest BCUT2D eigenvalue weighted by Gasteiger charge is 2.47. The molecule has 2 heterocycles. The Morgan fingerprint density at radius 2 is 1.90 bits per heavy atom. The molecule has 2 saturated heterocycles. The molecule has 3 rings (SSSR count). The summed E-state index contributed by atoms with van der Waals surface area (Å²) in [5, 5.41) is 2.67. The van der Waals surface area contributed by atoms with E-state index in [4.69, 9.17) is 10.5 Å². The van der Waals surface area contributed by atoms with Crippen molar-refractivity contribution < 1.29 is 23.9 Å². The van der Waals surface area contributed by atoms with Gasteiger partial charge in [-0.15, -0.1) is 0 Å². The molecule has 31 heavy (non-hydrogen) atoms. The van der Waals surface area contributed by atoms with Crippen LogP contribution in [0.15, 0.2) is 30.3 Å². The van der Waals surface area contributed by atoms with Gasteiger partial charge in [-0.05, 0) is 19.4 Å². The molecule has 1 aromatic carbocycles. The largest absolute Gasteiger partial charge is 0.374 e. The third-order valence-electron chi connectivity index (χ3n) is 5.43. The number of carbonyl (C=O) groups excluding carboxylic acids is 4. The van der Waals surface area contributed by atoms with Crippen molar-refractivity contribution in [3.8, 4) is 0 Å². The number of hydrogen-bond acceptors (Lipinski definition) is 6. The molecule has 3 N–H and O–H groups in total. The first-order chi connectivity index (χ1) is 14.6. The summed E-state index contributed by atoms with van der Waals surface area (Å²) in [6.07, 6.45) is 0. The number of likely N-dealkylation sites (N-methyl/N-ethyl adjacent to an activating group) is 1. The number of fused-ring (bicyclic) bond motifs is 1. The van der Waals surface area contributed by atoms with Crippen LogP contribution in [-0.2, 0) is 25.7 Å². The highest BCUT2D eigenvalue weighted by molar-refractivity contribution is 6.04. The van der Waals surface area contributed by atoms with Crippen molar-refractivity contribution in [2.75, 3.05) is 33.3 Å². The standard InChI is InChI=1S/C21H29N5O5/c1-21(2,22)19(29)23-15(13-31-12-14-7-5-4-6-8-14)17(27)25-9-10-26-16(11-25)18(28)24(3)20(26)30/h4-8,15-16H,9-13,22H2,1-3H3,(H,23,29)/t15-,16?/m1/s1. The van der Waals surface area contributed by atoms with E-state index in [-0.39, 0.29) is 50.7 Å². The molecule has 168 valence electrons. The van der Waals surface area contributed by atoms with Crippen molar-refractivity contribution in [1.29, 1.82) is 0 Å². The monoisotopic (exact) mass is 431 g/mol. The van der Waals surface area contributed by atoms with Gasteiger partial charge in [0.25, 0.3) is 5.91 Å². The summed E-state index contributed by atoms with van der Waals surface area (Å²) >= 11 is 0. The molecule has 0 radical (unpaired) electrons. The van der Waals surface area contributed by atoms with Gasteiger partial charge in [-0.2, -0.15) is 0 Å². The number of urea groups is 1. The lowest BCUT2D eigenvalue weighted by molar-refractivity contribution is -0.142. The van der Waals surface area contributed by atoms with Crippen LogP contribution in [0.4, 0.5) is 4.79 Å². The molecule has 2 atom stereocenters. The zero-order chi connectivity index (χ0) is 22.8. The lowest BCUT2D eigenvalue weighted by Gasteiger charge is -2.37. The molecule has 2 aliphatic heterocycles. The Balaban J connectivity index is 1.68. The van der Waals surface area contributed by atoms with Crippen LogP contribution in [0, 0.1) is 0 Å². The average molecular weight is 431 g/mol. The second kappa shape index (κ2) is 9.03. The Kier molecular flexibility index (Phi) is 6.61. The van der Waals surface area contributed by atoms with E-state index < -0.39 is 23.5 Å². The Labute approximate surface area is 181 Å². The minimum Gasteiger partial charge on any atom is -0.374 e. The third kappa shape index (κ3) is 5.02. The summed E-state index contributed by atoms with van der Waals surface area (Å²) in [7, 11) is 1.43. The Morgan fingerprint density at radius 1 is 1.23 bits per heavy atom. The molecule has 1 unspecified atom stereocenters. The molecule has 10 nitrogen and oxygen atoms in total. The van der Waals surface area contributed by atoms with Crippen molar-refractivity contribution in [3.05, 3.63) is 35.9 Å². The molecule has 0 aliphatic carbocycles. The molecule has 2 fully saturated rings. The number of carbonyl (C=O) groups is 4. The van der Waals surface area contributed by atoms with Crippen LogP contribution in [0.25, 0.3) is 0 Å². The highest BCUT2D eigenvalue weighted by Crippen LogP contribution is 2.21. The van der Waals surface area contributed by atoms with Gasteiger partial charge in [-0.3, -0.25) is 19.3 Å². The van der Waals surface area contributed by atoms with Crippen LogP contribution in [0.3, 0.4) is 0 Å². The van der Waals surface area contributed by atoms with Crippen LogP contribution in [-0.4, -0.2) is 89.4 Å². The van der Waals surface area contributed by atoms with Crippen molar-refractivity contribution in [2.24, 2.45) is 5.73 Å². The first-order valence-electron chi connectivity index (χ1n) is 10.2. The lowest BCUT2D eigenvalue weighted by Crippen LogP contribution is -2.61. The van der Waals surface area contributed by atoms with Gasteiger partial charge in [-0.1, -0.05) is 30.3 Å². The Morgan fingerprint density at radius 3 is 2.55 bits per heavy atom. The van der Waals surface area contributed by atoms with Gasteiger partial charge in [0, 0.05) is 20.1 Å². The second-order valence-electron chi connectivity index (χ2n) is 8.42. The number of rotatable bonds is 7. The molecule has 0 bridgehead atoms. The summed E-state index contributed by atoms with van der Waals surface area (Å²) in [4.78, 5) is 54.2. The fourth-order valence-corrected chi connectivity index (χ4v) is 3.54. The van der Waals surface area contributed by atoms with E-state index in [1.54, 1.807) is 13.8 Å². The molecule has 1 aromatic rings. The maximum absolute atomic E-state index is 13.2. The van der Waals surface area contributed by atoms with Gasteiger partial charge in [-0.25, -0.2) is 4.79 Å². The van der Waals surface area contributed by atoms with Gasteiger partial charge in [0.05, 0.1) is 25.3 Å². The van der Waals surface area contributed by atoms with Crippen LogP contribution >= 0.6 is 0 Å². The van der Waals surface area contributed by atoms with Gasteiger partial charge in [0.2, 0.25) is 11.8 Å². The summed E-state index contributed by atoms with van der Waals surface area (Å²) in [5.74, 6) is -1.20. The molecular formula is C21H29N5O5. The lowest BCUT2D eigenvalue weighted by atomic mass is 10.1. The summed E-state index contributed by atoms with van der Waals surface area (Å²) < 4.78 is 5.71. The number of amides is 5. The minimum absolute atomic E-state index is 0.0484. The zero-order valence-electron chi connectivity index (χ0n) is 18.0. The number of hydrogen-bond donors (Lipinski definition) is 2. The molecule has 0 saturated carbocycles. The summed E-state index contributed by atoms with van der Waals surface area (Å²) in [6.45, 7) is 3.91. The van der Waals surface area contributed by atoms with E-state index in [9.17, 15) is 19.2 Å². The van der Waals surface area contributed by atoms with E-state index in [0.717, 1.165) is 10.5 Å². The third-order valence-corrected chi connectivity index (χ3v) is 5.43. The van der Waals surface area contributed by atoms with E-state index >= 15 is 0 Å². The normalized spacial score (nSPS) is 20.0. The van der Waals surface area contributed by atoms with Gasteiger partial charge < -0.3 is 25.6 Å². The average Bonchev–Trinajstić information content (AvgIpc) is 2.96. The second-order valence-corrected chi connectivity index (χ2v) is 8.42. The number of benzene rings is 1. The maximum Gasteiger partial charge on any atom is 0.327 e. The Bertz CT molecular complexity index is 853. The molecule has 10 heteroatoms. The summed E-state index contributed by atoms with van der Waals surface area (Å²) in [6, 6.07) is 7.44. The van der Waals surface area contributed by atoms with E-state index in [0.29, 0.717) is 0 Å². The summed E-state index contributed by atoms with van der Waals surface area (Å²) in [5.41, 5.74) is 5.63. The molecule has 5 amide bonds. The molecule has 2 aliphatic rings. The fraction of sp³-hybridized carbons (Fsp3) is 0.524. The quantitative estimate of drug-likeness (QED) is 0.563. The van der Waals surface area contributed by atoms with Crippen molar-refractivity contribution in [1.82, 2.24) is 20.0 Å². The predicted molar refractivity (Wildman–Crippen MR) is 112 cm³/mol. The van der Waals surface area contributed by atoms with Gasteiger partial charge in [0.1, 0.15) is 12.1 Å². The van der Waals surface area contributed by atoms with Crippen LogP contribution in [0.1, 0.15) is 19.4 Å². The van der Waals surface area contributed by atoms with Crippen molar-refractivity contribution in [3.63, 3.8) is 0 Å². The van der Waals surface area contributed by atoms with Crippen LogP contribution < -0.4 is 11.1 Å². The van der Waals surface area contributed by atoms with Crippen LogP contribution in [0.2, 0.25) is 0 Å². The topological polar surface area (TPSA) is 125 Å². The van der Waals surface area contributed by atoms with E-state index in [1.165, 1.54) is 16.8 Å². The van der Waals surface area contributed by atoms with Gasteiger partial charge in [0.15, 0.2) is 0 Å². The van der Waals surface area contributed by atoms with Crippen molar-refractivity contribution >= 4 is 23.8 Å². The highest BCUT2D eigenvalue weighted by atomic mass is 16.5. The SMILES string of the molecule is CN1C(=O)C2CN(C(=O)[C@@H](COCc3ccccc3)NC(=O)C(C)(C)N)CCN2C1=O.